The Hall–Kier alpha value is -3.43. The summed E-state index contributed by atoms with van der Waals surface area (Å²) in [5, 5.41) is 4.26. The van der Waals surface area contributed by atoms with Crippen LogP contribution in [-0.4, -0.2) is 68.4 Å². The van der Waals surface area contributed by atoms with Crippen molar-refractivity contribution >= 4 is 46.8 Å². The highest BCUT2D eigenvalue weighted by atomic mass is 35.5. The van der Waals surface area contributed by atoms with E-state index < -0.39 is 17.2 Å². The van der Waals surface area contributed by atoms with Crippen LogP contribution in [0.3, 0.4) is 0 Å². The second kappa shape index (κ2) is 11.5. The fraction of sp³-hybridized carbons (Fsp3) is 0.393. The standard InChI is InChI=1S/C28H33FN6O2.ClH/c1-4-33-11-13-34(14-12-33)26-16-25-22(15-24(26)29)27(36)23(18-35(25)21-9-10-21)28(37)31-30-17-19-5-7-20(8-6-19)32(2)3;/h5-8,15-18,21H,4,9-14H2,1-3H3,(H,31,37);1H/b30-17-;. The Morgan fingerprint density at radius 2 is 1.82 bits per heavy atom. The molecule has 8 nitrogen and oxygen atoms in total. The number of nitrogens with one attached hydrogen (secondary N) is 1. The second-order valence-corrected chi connectivity index (χ2v) is 9.94. The summed E-state index contributed by atoms with van der Waals surface area (Å²) in [4.78, 5) is 32.6. The van der Waals surface area contributed by atoms with Crippen molar-refractivity contribution in [3.8, 4) is 0 Å². The predicted octanol–water partition coefficient (Wildman–Crippen LogP) is 3.87. The molecule has 2 heterocycles. The van der Waals surface area contributed by atoms with Crippen molar-refractivity contribution in [2.75, 3.05) is 56.6 Å². The Bertz CT molecular complexity index is 1390. The zero-order chi connectivity index (χ0) is 26.1. The zero-order valence-electron chi connectivity index (χ0n) is 22.0. The molecule has 2 aromatic carbocycles. The number of rotatable bonds is 7. The second-order valence-electron chi connectivity index (χ2n) is 9.94. The Balaban J connectivity index is 0.00000336. The molecule has 1 saturated heterocycles. The number of fused-ring (bicyclic) bond motifs is 1. The number of nitrogens with zero attached hydrogens (tertiary/aromatic N) is 5. The SMILES string of the molecule is CCN1CCN(c2cc3c(cc2F)c(=O)c(C(=O)N/N=C\c2ccc(N(C)C)cc2)cn3C2CC2)CC1.Cl. The summed E-state index contributed by atoms with van der Waals surface area (Å²) in [6.45, 7) is 6.33. The fourth-order valence-electron chi connectivity index (χ4n) is 4.81. The summed E-state index contributed by atoms with van der Waals surface area (Å²) < 4.78 is 17.2. The molecule has 5 rings (SSSR count). The first-order chi connectivity index (χ1) is 17.9. The van der Waals surface area contributed by atoms with E-state index in [0.29, 0.717) is 11.2 Å². The van der Waals surface area contributed by atoms with Crippen LogP contribution in [0.2, 0.25) is 0 Å². The van der Waals surface area contributed by atoms with Crippen molar-refractivity contribution in [1.82, 2.24) is 14.9 Å². The molecule has 1 amide bonds. The molecule has 1 N–H and O–H groups in total. The number of halogens is 2. The highest BCUT2D eigenvalue weighted by Crippen LogP contribution is 2.38. The normalized spacial score (nSPS) is 16.1. The molecule has 0 unspecified atom stereocenters. The molecule has 2 fully saturated rings. The van der Waals surface area contributed by atoms with Crippen molar-refractivity contribution < 1.29 is 9.18 Å². The largest absolute Gasteiger partial charge is 0.378 e. The van der Waals surface area contributed by atoms with Crippen LogP contribution in [0.5, 0.6) is 0 Å². The molecule has 202 valence electrons. The van der Waals surface area contributed by atoms with Gasteiger partial charge >= 0.3 is 0 Å². The van der Waals surface area contributed by atoms with Crippen LogP contribution in [0.1, 0.15) is 41.7 Å². The minimum absolute atomic E-state index is 0. The number of aromatic nitrogens is 1. The quantitative estimate of drug-likeness (QED) is 0.364. The average Bonchev–Trinajstić information content (AvgIpc) is 3.75. The number of pyridine rings is 1. The molecular formula is C28H34ClFN6O2. The molecule has 2 aliphatic rings. The number of hydrazone groups is 1. The molecule has 1 aromatic heterocycles. The number of carbonyl (C=O) groups is 1. The highest BCUT2D eigenvalue weighted by Gasteiger charge is 2.28. The summed E-state index contributed by atoms with van der Waals surface area (Å²) in [6.07, 6.45) is 5.06. The van der Waals surface area contributed by atoms with Gasteiger partial charge in [-0.1, -0.05) is 19.1 Å². The van der Waals surface area contributed by atoms with E-state index in [4.69, 9.17) is 0 Å². The molecule has 1 aliphatic carbocycles. The smallest absolute Gasteiger partial charge is 0.276 e. The maximum Gasteiger partial charge on any atom is 0.276 e. The number of anilines is 2. The average molecular weight is 541 g/mol. The van der Waals surface area contributed by atoms with E-state index in [1.165, 1.54) is 12.3 Å². The Labute approximate surface area is 228 Å². The third-order valence-corrected chi connectivity index (χ3v) is 7.24. The van der Waals surface area contributed by atoms with Gasteiger partial charge in [0.25, 0.3) is 5.91 Å². The van der Waals surface area contributed by atoms with E-state index in [-0.39, 0.29) is 29.4 Å². The van der Waals surface area contributed by atoms with Crippen LogP contribution in [0.15, 0.2) is 52.5 Å². The number of piperazine rings is 1. The van der Waals surface area contributed by atoms with E-state index >= 15 is 4.39 Å². The van der Waals surface area contributed by atoms with Crippen LogP contribution >= 0.6 is 12.4 Å². The molecule has 1 aliphatic heterocycles. The van der Waals surface area contributed by atoms with Gasteiger partial charge in [-0.2, -0.15) is 5.10 Å². The third-order valence-electron chi connectivity index (χ3n) is 7.24. The van der Waals surface area contributed by atoms with Gasteiger partial charge in [-0.15, -0.1) is 12.4 Å². The van der Waals surface area contributed by atoms with Gasteiger partial charge in [0.2, 0.25) is 5.43 Å². The van der Waals surface area contributed by atoms with Crippen LogP contribution in [0.25, 0.3) is 10.9 Å². The third kappa shape index (κ3) is 5.68. The van der Waals surface area contributed by atoms with Gasteiger partial charge < -0.3 is 19.3 Å². The van der Waals surface area contributed by atoms with E-state index in [0.717, 1.165) is 56.8 Å². The summed E-state index contributed by atoms with van der Waals surface area (Å²) >= 11 is 0. The number of carbonyl (C=O) groups excluding carboxylic acids is 1. The molecule has 38 heavy (non-hydrogen) atoms. The summed E-state index contributed by atoms with van der Waals surface area (Å²) in [5.41, 5.74) is 4.98. The Kier molecular flexibility index (Phi) is 8.38. The maximum atomic E-state index is 15.3. The first kappa shape index (κ1) is 27.6. The van der Waals surface area contributed by atoms with Crippen molar-refractivity contribution in [2.24, 2.45) is 5.10 Å². The van der Waals surface area contributed by atoms with Crippen LogP contribution in [-0.2, 0) is 0 Å². The van der Waals surface area contributed by atoms with Gasteiger partial charge in [0.15, 0.2) is 0 Å². The number of hydrogen-bond acceptors (Lipinski definition) is 6. The summed E-state index contributed by atoms with van der Waals surface area (Å²) in [5.74, 6) is -1.05. The van der Waals surface area contributed by atoms with Crippen molar-refractivity contribution in [3.63, 3.8) is 0 Å². The van der Waals surface area contributed by atoms with Gasteiger partial charge in [0, 0.05) is 63.6 Å². The lowest BCUT2D eigenvalue weighted by molar-refractivity contribution is 0.0953. The number of likely N-dealkylation sites (N-methyl/N-ethyl adjacent to an activating group) is 1. The predicted molar refractivity (Wildman–Crippen MR) is 154 cm³/mol. The van der Waals surface area contributed by atoms with Crippen LogP contribution < -0.4 is 20.7 Å². The molecule has 0 spiro atoms. The van der Waals surface area contributed by atoms with E-state index in [1.54, 1.807) is 12.3 Å². The van der Waals surface area contributed by atoms with Gasteiger partial charge in [0.05, 0.1) is 17.4 Å². The molecular weight excluding hydrogens is 507 g/mol. The van der Waals surface area contributed by atoms with Gasteiger partial charge in [-0.25, -0.2) is 9.82 Å². The molecule has 0 radical (unpaired) electrons. The van der Waals surface area contributed by atoms with Crippen LogP contribution in [0, 0.1) is 5.82 Å². The van der Waals surface area contributed by atoms with Gasteiger partial charge in [-0.3, -0.25) is 9.59 Å². The Morgan fingerprint density at radius 1 is 1.13 bits per heavy atom. The lowest BCUT2D eigenvalue weighted by Crippen LogP contribution is -2.46. The first-order valence-electron chi connectivity index (χ1n) is 12.8. The topological polar surface area (TPSA) is 73.2 Å². The maximum absolute atomic E-state index is 15.3. The summed E-state index contributed by atoms with van der Waals surface area (Å²) in [6, 6.07) is 11.0. The van der Waals surface area contributed by atoms with Gasteiger partial charge in [0.1, 0.15) is 11.4 Å². The molecule has 1 saturated carbocycles. The van der Waals surface area contributed by atoms with E-state index in [2.05, 4.69) is 22.4 Å². The number of benzene rings is 2. The molecule has 3 aromatic rings. The van der Waals surface area contributed by atoms with Gasteiger partial charge in [-0.05, 0) is 49.2 Å². The van der Waals surface area contributed by atoms with Crippen LogP contribution in [0.4, 0.5) is 15.8 Å². The minimum Gasteiger partial charge on any atom is -0.378 e. The van der Waals surface area contributed by atoms with E-state index in [9.17, 15) is 9.59 Å². The highest BCUT2D eigenvalue weighted by molar-refractivity contribution is 5.98. The van der Waals surface area contributed by atoms with Crippen molar-refractivity contribution in [1.29, 1.82) is 0 Å². The molecule has 0 bridgehead atoms. The van der Waals surface area contributed by atoms with E-state index in [1.807, 2.05) is 52.7 Å². The monoisotopic (exact) mass is 540 g/mol. The fourth-order valence-corrected chi connectivity index (χ4v) is 4.81. The van der Waals surface area contributed by atoms with Crippen molar-refractivity contribution in [3.05, 3.63) is 69.8 Å². The summed E-state index contributed by atoms with van der Waals surface area (Å²) in [7, 11) is 3.92. The van der Waals surface area contributed by atoms with Crippen molar-refractivity contribution in [2.45, 2.75) is 25.8 Å². The Morgan fingerprint density at radius 3 is 2.42 bits per heavy atom. The molecule has 0 atom stereocenters. The lowest BCUT2D eigenvalue weighted by Gasteiger charge is -2.35. The lowest BCUT2D eigenvalue weighted by atomic mass is 10.1. The first-order valence-corrected chi connectivity index (χ1v) is 12.8. The number of hydrogen-bond donors (Lipinski definition) is 1. The zero-order valence-corrected chi connectivity index (χ0v) is 22.8. The molecule has 10 heteroatoms. The minimum atomic E-state index is -0.609. The number of amides is 1.